The van der Waals surface area contributed by atoms with Crippen LogP contribution in [0, 0.1) is 0 Å². The molecule has 0 aliphatic rings. The smallest absolute Gasteiger partial charge is 0.338 e. The van der Waals surface area contributed by atoms with Gasteiger partial charge in [0.25, 0.3) is 0 Å². The Balaban J connectivity index is 0.000000583. The summed E-state index contributed by atoms with van der Waals surface area (Å²) in [6.07, 6.45) is 0.860. The molecule has 0 unspecified atom stereocenters. The molecule has 0 radical (unpaired) electrons. The second-order valence-electron chi connectivity index (χ2n) is 3.00. The van der Waals surface area contributed by atoms with Crippen LogP contribution in [0.15, 0.2) is 30.3 Å². The van der Waals surface area contributed by atoms with Crippen molar-refractivity contribution in [2.45, 2.75) is 13.3 Å². The molecule has 0 aromatic heterocycles. The maximum absolute atomic E-state index is 11.2. The van der Waals surface area contributed by atoms with Gasteiger partial charge < -0.3 is 10.1 Å². The van der Waals surface area contributed by atoms with Crippen molar-refractivity contribution >= 4 is 5.97 Å². The number of hydrogen-bond donors (Lipinski definition) is 1. The molecule has 3 nitrogen and oxygen atoms in total. The molecule has 1 aromatic rings. The summed E-state index contributed by atoms with van der Waals surface area (Å²) < 4.78 is 4.94. The van der Waals surface area contributed by atoms with Gasteiger partial charge in [-0.15, -0.1) is 0 Å². The van der Waals surface area contributed by atoms with Gasteiger partial charge in [-0.25, -0.2) is 4.79 Å². The number of carbonyl (C=O) groups excluding carboxylic acids is 1. The maximum Gasteiger partial charge on any atom is 0.338 e. The minimum absolute atomic E-state index is 0.238. The monoisotopic (exact) mass is 209 g/mol. The van der Waals surface area contributed by atoms with Gasteiger partial charge in [-0.1, -0.05) is 25.1 Å². The van der Waals surface area contributed by atoms with E-state index >= 15 is 0 Å². The quantitative estimate of drug-likeness (QED) is 0.775. The van der Waals surface area contributed by atoms with Crippen LogP contribution in [0.1, 0.15) is 23.7 Å². The van der Waals surface area contributed by atoms with E-state index in [0.29, 0.717) is 12.2 Å². The van der Waals surface area contributed by atoms with Crippen LogP contribution in [-0.4, -0.2) is 26.7 Å². The number of carbonyl (C=O) groups is 1. The summed E-state index contributed by atoms with van der Waals surface area (Å²) in [6, 6.07) is 9.01. The predicted octanol–water partition coefficient (Wildman–Crippen LogP) is 2.09. The van der Waals surface area contributed by atoms with E-state index in [9.17, 15) is 4.79 Å². The molecule has 0 aliphatic heterocycles. The summed E-state index contributed by atoms with van der Waals surface area (Å²) in [7, 11) is 3.75. The van der Waals surface area contributed by atoms with Gasteiger partial charge in [-0.3, -0.25) is 0 Å². The molecule has 0 aliphatic carbocycles. The first kappa shape index (κ1) is 13.7. The lowest BCUT2D eigenvalue weighted by atomic mass is 10.2. The van der Waals surface area contributed by atoms with Crippen LogP contribution in [0.4, 0.5) is 0 Å². The average Bonchev–Trinajstić information content (AvgIpc) is 2.28. The van der Waals surface area contributed by atoms with Crippen molar-refractivity contribution in [3.63, 3.8) is 0 Å². The van der Waals surface area contributed by atoms with Crippen molar-refractivity contribution in [3.05, 3.63) is 35.9 Å². The summed E-state index contributed by atoms with van der Waals surface area (Å²) in [5.41, 5.74) is 0.617. The summed E-state index contributed by atoms with van der Waals surface area (Å²) in [5, 5.41) is 2.75. The molecule has 84 valence electrons. The van der Waals surface area contributed by atoms with E-state index in [1.807, 2.05) is 39.2 Å². The third kappa shape index (κ3) is 6.69. The third-order valence-corrected chi connectivity index (χ3v) is 1.45. The molecular weight excluding hydrogens is 190 g/mol. The van der Waals surface area contributed by atoms with Crippen LogP contribution in [0.5, 0.6) is 0 Å². The van der Waals surface area contributed by atoms with Crippen molar-refractivity contribution in [1.29, 1.82) is 0 Å². The molecule has 1 N–H and O–H groups in total. The molecule has 0 saturated carbocycles. The van der Waals surface area contributed by atoms with Gasteiger partial charge >= 0.3 is 5.97 Å². The number of rotatable bonds is 3. The number of benzene rings is 1. The summed E-state index contributed by atoms with van der Waals surface area (Å²) in [4.78, 5) is 11.2. The Kier molecular flexibility index (Phi) is 8.39. The molecule has 0 atom stereocenters. The highest BCUT2D eigenvalue weighted by atomic mass is 16.5. The molecule has 0 amide bonds. The Morgan fingerprint density at radius 2 is 1.80 bits per heavy atom. The van der Waals surface area contributed by atoms with Crippen molar-refractivity contribution in [2.24, 2.45) is 0 Å². The van der Waals surface area contributed by atoms with Gasteiger partial charge in [-0.05, 0) is 32.6 Å². The molecular formula is C12H19NO2. The fraction of sp³-hybridized carbons (Fsp3) is 0.417. The highest BCUT2D eigenvalue weighted by Crippen LogP contribution is 2.00. The standard InChI is InChI=1S/C10H12O2.C2H7N/c1-2-8-12-10(11)9-6-4-3-5-7-9;1-3-2/h3-7H,2,8H2,1H3;3H,1-2H3. The third-order valence-electron chi connectivity index (χ3n) is 1.45. The molecule has 1 aromatic carbocycles. The first-order valence-corrected chi connectivity index (χ1v) is 5.06. The van der Waals surface area contributed by atoms with Crippen molar-refractivity contribution in [3.8, 4) is 0 Å². The van der Waals surface area contributed by atoms with Crippen molar-refractivity contribution in [2.75, 3.05) is 20.7 Å². The van der Waals surface area contributed by atoms with Crippen LogP contribution in [0.2, 0.25) is 0 Å². The highest BCUT2D eigenvalue weighted by molar-refractivity contribution is 5.89. The molecule has 3 heteroatoms. The van der Waals surface area contributed by atoms with E-state index in [1.54, 1.807) is 12.1 Å². The number of hydrogen-bond acceptors (Lipinski definition) is 3. The molecule has 1 rings (SSSR count). The second-order valence-corrected chi connectivity index (χ2v) is 3.00. The molecule has 0 heterocycles. The fourth-order valence-electron chi connectivity index (χ4n) is 0.852. The van der Waals surface area contributed by atoms with Crippen LogP contribution < -0.4 is 5.32 Å². The van der Waals surface area contributed by atoms with Crippen molar-refractivity contribution < 1.29 is 9.53 Å². The lowest BCUT2D eigenvalue weighted by molar-refractivity contribution is 0.0505. The SMILES string of the molecule is CCCOC(=O)c1ccccc1.CNC. The predicted molar refractivity (Wildman–Crippen MR) is 62.0 cm³/mol. The first-order valence-electron chi connectivity index (χ1n) is 5.06. The first-order chi connectivity index (χ1) is 7.26. The van der Waals surface area contributed by atoms with Gasteiger partial charge in [0.05, 0.1) is 12.2 Å². The zero-order valence-corrected chi connectivity index (χ0v) is 9.62. The highest BCUT2D eigenvalue weighted by Gasteiger charge is 2.03. The van der Waals surface area contributed by atoms with Crippen LogP contribution >= 0.6 is 0 Å². The lowest BCUT2D eigenvalue weighted by Crippen LogP contribution is -2.05. The van der Waals surface area contributed by atoms with E-state index in [-0.39, 0.29) is 5.97 Å². The lowest BCUT2D eigenvalue weighted by Gasteiger charge is -2.01. The van der Waals surface area contributed by atoms with Gasteiger partial charge in [0.2, 0.25) is 0 Å². The van der Waals surface area contributed by atoms with Gasteiger partial charge in [0, 0.05) is 0 Å². The second kappa shape index (κ2) is 9.21. The Bertz CT molecular complexity index is 260. The van der Waals surface area contributed by atoms with Gasteiger partial charge in [0.15, 0.2) is 0 Å². The minimum atomic E-state index is -0.238. The minimum Gasteiger partial charge on any atom is -0.462 e. The number of ether oxygens (including phenoxy) is 1. The number of esters is 1. The normalized spacial score (nSPS) is 8.73. The largest absolute Gasteiger partial charge is 0.462 e. The zero-order chi connectivity index (χ0) is 11.5. The maximum atomic E-state index is 11.2. The topological polar surface area (TPSA) is 38.3 Å². The molecule has 0 fully saturated rings. The summed E-state index contributed by atoms with van der Waals surface area (Å²) in [6.45, 7) is 2.46. The average molecular weight is 209 g/mol. The Morgan fingerprint density at radius 1 is 1.27 bits per heavy atom. The van der Waals surface area contributed by atoms with E-state index in [0.717, 1.165) is 6.42 Å². The molecule has 0 spiro atoms. The summed E-state index contributed by atoms with van der Waals surface area (Å²) in [5.74, 6) is -0.238. The van der Waals surface area contributed by atoms with E-state index in [1.165, 1.54) is 0 Å². The van der Waals surface area contributed by atoms with Crippen LogP contribution in [-0.2, 0) is 4.74 Å². The Labute approximate surface area is 91.5 Å². The van der Waals surface area contributed by atoms with E-state index in [2.05, 4.69) is 5.32 Å². The van der Waals surface area contributed by atoms with E-state index in [4.69, 9.17) is 4.74 Å². The van der Waals surface area contributed by atoms with Gasteiger partial charge in [0.1, 0.15) is 0 Å². The van der Waals surface area contributed by atoms with Gasteiger partial charge in [-0.2, -0.15) is 0 Å². The zero-order valence-electron chi connectivity index (χ0n) is 9.62. The Hall–Kier alpha value is -1.35. The molecule has 0 saturated heterocycles. The fourth-order valence-corrected chi connectivity index (χ4v) is 0.852. The molecule has 15 heavy (non-hydrogen) atoms. The molecule has 0 bridgehead atoms. The summed E-state index contributed by atoms with van der Waals surface area (Å²) >= 11 is 0. The van der Waals surface area contributed by atoms with Crippen molar-refractivity contribution in [1.82, 2.24) is 5.32 Å². The van der Waals surface area contributed by atoms with Crippen LogP contribution in [0.3, 0.4) is 0 Å². The van der Waals surface area contributed by atoms with Crippen LogP contribution in [0.25, 0.3) is 0 Å². The Morgan fingerprint density at radius 3 is 2.27 bits per heavy atom. The number of nitrogens with one attached hydrogen (secondary N) is 1. The van der Waals surface area contributed by atoms with E-state index < -0.39 is 0 Å².